The van der Waals surface area contributed by atoms with Crippen LogP contribution in [0.3, 0.4) is 0 Å². The molecule has 0 aliphatic heterocycles. The van der Waals surface area contributed by atoms with E-state index in [-0.39, 0.29) is 0 Å². The fraction of sp³-hybridized carbons (Fsp3) is 0.182. The number of halogens is 4. The predicted molar refractivity (Wildman–Crippen MR) is 50.3 cm³/mol. The maximum atomic E-state index is 13.1. The molecule has 0 spiro atoms. The summed E-state index contributed by atoms with van der Waals surface area (Å²) in [5.74, 6) is 1.93. The molecule has 1 aromatic carbocycles. The van der Waals surface area contributed by atoms with Crippen LogP contribution in [0.2, 0.25) is 0 Å². The Balaban J connectivity index is 3.15. The van der Waals surface area contributed by atoms with Crippen LogP contribution in [-0.2, 0) is 15.7 Å². The number of hydrogen-bond donors (Lipinski definition) is 0. The van der Waals surface area contributed by atoms with Gasteiger partial charge in [-0.05, 0) is 18.2 Å². The monoisotopic (exact) mass is 246 g/mol. The molecule has 0 radical (unpaired) electrons. The highest BCUT2D eigenvalue weighted by Gasteiger charge is 2.30. The summed E-state index contributed by atoms with van der Waals surface area (Å²) < 4.78 is 54.1. The lowest BCUT2D eigenvalue weighted by Gasteiger charge is -2.06. The number of alkyl halides is 3. The van der Waals surface area contributed by atoms with E-state index in [9.17, 15) is 22.4 Å². The average Bonchev–Trinajstić information content (AvgIpc) is 2.26. The molecule has 2 nitrogen and oxygen atoms in total. The van der Waals surface area contributed by atoms with Gasteiger partial charge in [-0.15, -0.1) is 0 Å². The molecule has 17 heavy (non-hydrogen) atoms. The van der Waals surface area contributed by atoms with E-state index in [0.29, 0.717) is 18.2 Å². The van der Waals surface area contributed by atoms with Crippen molar-refractivity contribution < 1.29 is 27.1 Å². The molecule has 0 atom stereocenters. The Morgan fingerprint density at radius 2 is 2.00 bits per heavy atom. The van der Waals surface area contributed by atoms with Gasteiger partial charge in [-0.3, -0.25) is 0 Å². The van der Waals surface area contributed by atoms with Crippen molar-refractivity contribution in [2.75, 3.05) is 7.11 Å². The molecule has 0 saturated heterocycles. The van der Waals surface area contributed by atoms with Crippen molar-refractivity contribution >= 4 is 5.97 Å². The lowest BCUT2D eigenvalue weighted by atomic mass is 10.1. The molecular weight excluding hydrogens is 240 g/mol. The van der Waals surface area contributed by atoms with Gasteiger partial charge in [0.2, 0.25) is 0 Å². The van der Waals surface area contributed by atoms with E-state index in [0.717, 1.165) is 7.11 Å². The number of ether oxygens (including phenoxy) is 1. The molecule has 6 heteroatoms. The van der Waals surface area contributed by atoms with Crippen LogP contribution in [0, 0.1) is 17.7 Å². The van der Waals surface area contributed by atoms with E-state index in [2.05, 4.69) is 4.74 Å². The predicted octanol–water partition coefficient (Wildman–Crippen LogP) is 2.37. The Bertz CT molecular complexity index is 494. The van der Waals surface area contributed by atoms with Crippen molar-refractivity contribution in [3.05, 3.63) is 35.1 Å². The number of carbonyl (C=O) groups excluding carboxylic acids is 1. The lowest BCUT2D eigenvalue weighted by Crippen LogP contribution is -2.05. The molecular formula is C11H6F4O2. The van der Waals surface area contributed by atoms with Crippen molar-refractivity contribution in [1.82, 2.24) is 0 Å². The molecule has 0 unspecified atom stereocenters. The van der Waals surface area contributed by atoms with E-state index < -0.39 is 29.1 Å². The Morgan fingerprint density at radius 3 is 2.53 bits per heavy atom. The SMILES string of the molecule is COC(=O)C#Cc1cc(C(F)(F)F)ccc1F. The molecule has 0 aliphatic carbocycles. The zero-order valence-corrected chi connectivity index (χ0v) is 8.56. The number of benzene rings is 1. The minimum atomic E-state index is -4.59. The van der Waals surface area contributed by atoms with Crippen molar-refractivity contribution in [2.24, 2.45) is 0 Å². The topological polar surface area (TPSA) is 26.3 Å². The van der Waals surface area contributed by atoms with E-state index >= 15 is 0 Å². The van der Waals surface area contributed by atoms with Gasteiger partial charge in [-0.25, -0.2) is 9.18 Å². The van der Waals surface area contributed by atoms with Crippen molar-refractivity contribution in [3.63, 3.8) is 0 Å². The van der Waals surface area contributed by atoms with Gasteiger partial charge in [0, 0.05) is 5.92 Å². The maximum Gasteiger partial charge on any atom is 0.416 e. The Kier molecular flexibility index (Phi) is 3.73. The van der Waals surface area contributed by atoms with Gasteiger partial charge in [-0.2, -0.15) is 13.2 Å². The Labute approximate surface area is 94.2 Å². The average molecular weight is 246 g/mol. The smallest absolute Gasteiger partial charge is 0.416 e. The summed E-state index contributed by atoms with van der Waals surface area (Å²) in [5, 5.41) is 0. The second-order valence-corrected chi connectivity index (χ2v) is 2.93. The number of carbonyl (C=O) groups is 1. The fourth-order valence-electron chi connectivity index (χ4n) is 0.967. The van der Waals surface area contributed by atoms with E-state index in [1.54, 1.807) is 0 Å². The third-order valence-electron chi connectivity index (χ3n) is 1.78. The largest absolute Gasteiger partial charge is 0.459 e. The van der Waals surface area contributed by atoms with Crippen LogP contribution in [-0.4, -0.2) is 13.1 Å². The first-order chi connectivity index (χ1) is 7.84. The van der Waals surface area contributed by atoms with Crippen LogP contribution in [0.1, 0.15) is 11.1 Å². The summed E-state index contributed by atoms with van der Waals surface area (Å²) >= 11 is 0. The first-order valence-corrected chi connectivity index (χ1v) is 4.31. The summed E-state index contributed by atoms with van der Waals surface area (Å²) in [6.07, 6.45) is -4.59. The molecule has 0 amide bonds. The second-order valence-electron chi connectivity index (χ2n) is 2.93. The number of methoxy groups -OCH3 is 1. The Morgan fingerprint density at radius 1 is 1.35 bits per heavy atom. The Hall–Kier alpha value is -2.03. The molecule has 1 aromatic rings. The molecule has 0 aliphatic rings. The number of rotatable bonds is 0. The highest BCUT2D eigenvalue weighted by atomic mass is 19.4. The zero-order valence-electron chi connectivity index (χ0n) is 8.56. The van der Waals surface area contributed by atoms with E-state index in [4.69, 9.17) is 0 Å². The van der Waals surface area contributed by atoms with Crippen LogP contribution in [0.4, 0.5) is 17.6 Å². The van der Waals surface area contributed by atoms with Crippen LogP contribution >= 0.6 is 0 Å². The van der Waals surface area contributed by atoms with Crippen LogP contribution in [0.15, 0.2) is 18.2 Å². The lowest BCUT2D eigenvalue weighted by molar-refractivity contribution is -0.137. The maximum absolute atomic E-state index is 13.1. The first kappa shape index (κ1) is 13.0. The van der Waals surface area contributed by atoms with Crippen LogP contribution < -0.4 is 0 Å². The van der Waals surface area contributed by atoms with Crippen LogP contribution in [0.5, 0.6) is 0 Å². The molecule has 90 valence electrons. The molecule has 0 fully saturated rings. The molecule has 0 bridgehead atoms. The summed E-state index contributed by atoms with van der Waals surface area (Å²) in [7, 11) is 1.06. The van der Waals surface area contributed by atoms with Gasteiger partial charge in [0.15, 0.2) is 0 Å². The highest BCUT2D eigenvalue weighted by molar-refractivity contribution is 5.89. The summed E-state index contributed by atoms with van der Waals surface area (Å²) in [6.45, 7) is 0. The van der Waals surface area contributed by atoms with Crippen LogP contribution in [0.25, 0.3) is 0 Å². The molecule has 0 heterocycles. The second kappa shape index (κ2) is 4.87. The van der Waals surface area contributed by atoms with Crippen molar-refractivity contribution in [3.8, 4) is 11.8 Å². The standard InChI is InChI=1S/C11H6F4O2/c1-17-10(16)5-2-7-6-8(11(13,14)15)3-4-9(7)12/h3-4,6H,1H3. The third kappa shape index (κ3) is 3.48. The van der Waals surface area contributed by atoms with Gasteiger partial charge in [-0.1, -0.05) is 5.92 Å². The number of esters is 1. The van der Waals surface area contributed by atoms with Gasteiger partial charge in [0.1, 0.15) is 5.82 Å². The van der Waals surface area contributed by atoms with Crippen molar-refractivity contribution in [1.29, 1.82) is 0 Å². The molecule has 0 aromatic heterocycles. The van der Waals surface area contributed by atoms with Gasteiger partial charge in [0.05, 0.1) is 18.2 Å². The minimum Gasteiger partial charge on any atom is -0.459 e. The summed E-state index contributed by atoms with van der Waals surface area (Å²) in [6, 6.07) is 1.77. The first-order valence-electron chi connectivity index (χ1n) is 4.31. The zero-order chi connectivity index (χ0) is 13.1. The summed E-state index contributed by atoms with van der Waals surface area (Å²) in [4.78, 5) is 10.6. The normalized spacial score (nSPS) is 10.4. The van der Waals surface area contributed by atoms with E-state index in [1.165, 1.54) is 0 Å². The summed E-state index contributed by atoms with van der Waals surface area (Å²) in [5.41, 5.74) is -1.54. The molecule has 1 rings (SSSR count). The molecule has 0 N–H and O–H groups in total. The highest BCUT2D eigenvalue weighted by Crippen LogP contribution is 2.30. The third-order valence-corrected chi connectivity index (χ3v) is 1.78. The van der Waals surface area contributed by atoms with Crippen molar-refractivity contribution in [2.45, 2.75) is 6.18 Å². The molecule has 0 saturated carbocycles. The van der Waals surface area contributed by atoms with Gasteiger partial charge >= 0.3 is 12.1 Å². The quantitative estimate of drug-likeness (QED) is 0.399. The minimum absolute atomic E-state index is 0.509. The number of hydrogen-bond acceptors (Lipinski definition) is 2. The van der Waals surface area contributed by atoms with E-state index in [1.807, 2.05) is 11.8 Å². The van der Waals surface area contributed by atoms with Gasteiger partial charge in [0.25, 0.3) is 0 Å². The fourth-order valence-corrected chi connectivity index (χ4v) is 0.967. The van der Waals surface area contributed by atoms with Gasteiger partial charge < -0.3 is 4.74 Å².